The van der Waals surface area contributed by atoms with Crippen molar-refractivity contribution in [2.24, 2.45) is 0 Å². The first-order valence-electron chi connectivity index (χ1n) is 7.47. The van der Waals surface area contributed by atoms with Crippen molar-refractivity contribution in [1.82, 2.24) is 5.32 Å². The third-order valence-electron chi connectivity index (χ3n) is 4.02. The fourth-order valence-electron chi connectivity index (χ4n) is 2.40. The minimum absolute atomic E-state index is 0.120. The van der Waals surface area contributed by atoms with Gasteiger partial charge >= 0.3 is 0 Å². The molecule has 1 N–H and O–H groups in total. The number of hydrogen-bond acceptors (Lipinski definition) is 1. The first-order chi connectivity index (χ1) is 9.02. The maximum absolute atomic E-state index is 4.19. The first-order valence-corrected chi connectivity index (χ1v) is 7.47. The Morgan fingerprint density at radius 2 is 1.84 bits per heavy atom. The molecule has 1 unspecified atom stereocenters. The summed E-state index contributed by atoms with van der Waals surface area (Å²) < 4.78 is 0. The predicted octanol–water partition coefficient (Wildman–Crippen LogP) is 4.69. The van der Waals surface area contributed by atoms with Gasteiger partial charge in [-0.1, -0.05) is 70.2 Å². The molecule has 19 heavy (non-hydrogen) atoms. The van der Waals surface area contributed by atoms with Crippen LogP contribution in [0.25, 0.3) is 0 Å². The van der Waals surface area contributed by atoms with Gasteiger partial charge in [-0.25, -0.2) is 0 Å². The lowest BCUT2D eigenvalue weighted by Gasteiger charge is -2.36. The van der Waals surface area contributed by atoms with Gasteiger partial charge in [0.15, 0.2) is 0 Å². The summed E-state index contributed by atoms with van der Waals surface area (Å²) in [6, 6.07) is 11.2. The van der Waals surface area contributed by atoms with Gasteiger partial charge in [-0.2, -0.15) is 0 Å². The lowest BCUT2D eigenvalue weighted by atomic mass is 9.75. The maximum Gasteiger partial charge on any atom is 0.0196 e. The highest BCUT2D eigenvalue weighted by Gasteiger charge is 2.30. The van der Waals surface area contributed by atoms with E-state index in [2.05, 4.69) is 69.9 Å². The number of rotatable bonds is 8. The van der Waals surface area contributed by atoms with Gasteiger partial charge < -0.3 is 5.32 Å². The highest BCUT2D eigenvalue weighted by Crippen LogP contribution is 2.30. The van der Waals surface area contributed by atoms with E-state index in [9.17, 15) is 0 Å². The molecule has 0 aliphatic carbocycles. The van der Waals surface area contributed by atoms with Crippen LogP contribution in [0.3, 0.4) is 0 Å². The molecular weight excluding hydrogens is 230 g/mol. The van der Waals surface area contributed by atoms with Crippen molar-refractivity contribution < 1.29 is 0 Å². The summed E-state index contributed by atoms with van der Waals surface area (Å²) in [5.74, 6) is 0. The molecule has 0 radical (unpaired) electrons. The maximum atomic E-state index is 4.19. The van der Waals surface area contributed by atoms with Crippen LogP contribution in [0.1, 0.15) is 52.5 Å². The van der Waals surface area contributed by atoms with E-state index in [1.54, 1.807) is 0 Å². The lowest BCUT2D eigenvalue weighted by molar-refractivity contribution is 0.335. The van der Waals surface area contributed by atoms with Gasteiger partial charge in [0.05, 0.1) is 0 Å². The van der Waals surface area contributed by atoms with Crippen LogP contribution in [0.15, 0.2) is 42.5 Å². The second-order valence-corrected chi connectivity index (χ2v) is 5.90. The van der Waals surface area contributed by atoms with Crippen molar-refractivity contribution >= 4 is 0 Å². The highest BCUT2D eigenvalue weighted by molar-refractivity contribution is 5.26. The van der Waals surface area contributed by atoms with E-state index in [0.29, 0.717) is 6.04 Å². The van der Waals surface area contributed by atoms with E-state index >= 15 is 0 Å². The molecule has 1 nitrogen and oxygen atoms in total. The van der Waals surface area contributed by atoms with E-state index in [1.165, 1.54) is 17.6 Å². The SMILES string of the molecule is C=C(CC)CC(NCCC)C(C)(C)c1ccccc1. The Morgan fingerprint density at radius 1 is 1.21 bits per heavy atom. The predicted molar refractivity (Wildman–Crippen MR) is 85.6 cm³/mol. The van der Waals surface area contributed by atoms with Crippen LogP contribution in [0.5, 0.6) is 0 Å². The van der Waals surface area contributed by atoms with Crippen LogP contribution in [0.2, 0.25) is 0 Å². The van der Waals surface area contributed by atoms with E-state index in [-0.39, 0.29) is 5.41 Å². The van der Waals surface area contributed by atoms with Gasteiger partial charge in [0.2, 0.25) is 0 Å². The van der Waals surface area contributed by atoms with Crippen LogP contribution in [-0.2, 0) is 5.41 Å². The van der Waals surface area contributed by atoms with Gasteiger partial charge in [-0.3, -0.25) is 0 Å². The van der Waals surface area contributed by atoms with Gasteiger partial charge in [0.1, 0.15) is 0 Å². The topological polar surface area (TPSA) is 12.0 Å². The molecule has 1 heteroatoms. The molecule has 0 heterocycles. The minimum atomic E-state index is 0.120. The molecule has 0 aromatic heterocycles. The van der Waals surface area contributed by atoms with Gasteiger partial charge in [0, 0.05) is 11.5 Å². The van der Waals surface area contributed by atoms with E-state index in [4.69, 9.17) is 0 Å². The van der Waals surface area contributed by atoms with Crippen LogP contribution >= 0.6 is 0 Å². The van der Waals surface area contributed by atoms with Crippen molar-refractivity contribution in [3.63, 3.8) is 0 Å². The first kappa shape index (κ1) is 16.0. The number of nitrogens with one attached hydrogen (secondary N) is 1. The second kappa shape index (κ2) is 7.49. The summed E-state index contributed by atoms with van der Waals surface area (Å²) in [5.41, 5.74) is 2.85. The molecule has 0 aliphatic rings. The summed E-state index contributed by atoms with van der Waals surface area (Å²) in [4.78, 5) is 0. The molecule has 1 rings (SSSR count). The molecule has 0 amide bonds. The zero-order valence-corrected chi connectivity index (χ0v) is 13.0. The summed E-state index contributed by atoms with van der Waals surface area (Å²) in [6.45, 7) is 14.3. The van der Waals surface area contributed by atoms with E-state index < -0.39 is 0 Å². The van der Waals surface area contributed by atoms with Crippen molar-refractivity contribution in [2.75, 3.05) is 6.54 Å². The molecule has 0 spiro atoms. The zero-order valence-electron chi connectivity index (χ0n) is 13.0. The molecule has 1 aromatic rings. The zero-order chi connectivity index (χ0) is 14.3. The largest absolute Gasteiger partial charge is 0.313 e. The van der Waals surface area contributed by atoms with E-state index in [1.807, 2.05) is 0 Å². The molecular formula is C18H29N. The summed E-state index contributed by atoms with van der Waals surface area (Å²) in [7, 11) is 0. The summed E-state index contributed by atoms with van der Waals surface area (Å²) in [5, 5.41) is 3.71. The Labute approximate surface area is 119 Å². The number of benzene rings is 1. The Hall–Kier alpha value is -1.08. The van der Waals surface area contributed by atoms with Gasteiger partial charge in [-0.05, 0) is 31.4 Å². The van der Waals surface area contributed by atoms with Crippen molar-refractivity contribution in [3.05, 3.63) is 48.0 Å². The van der Waals surface area contributed by atoms with Gasteiger partial charge in [0.25, 0.3) is 0 Å². The van der Waals surface area contributed by atoms with Gasteiger partial charge in [-0.15, -0.1) is 0 Å². The minimum Gasteiger partial charge on any atom is -0.313 e. The van der Waals surface area contributed by atoms with Crippen LogP contribution < -0.4 is 5.32 Å². The Bertz CT molecular complexity index is 378. The molecule has 0 saturated heterocycles. The molecule has 1 atom stereocenters. The average molecular weight is 259 g/mol. The highest BCUT2D eigenvalue weighted by atomic mass is 14.9. The standard InChI is InChI=1S/C18H29N/c1-6-13-19-17(14-15(3)7-2)18(4,5)16-11-9-8-10-12-16/h8-12,17,19H,3,6-7,13-14H2,1-2,4-5H3. The Kier molecular flexibility index (Phi) is 6.30. The van der Waals surface area contributed by atoms with Crippen LogP contribution in [-0.4, -0.2) is 12.6 Å². The Balaban J connectivity index is 2.91. The molecule has 106 valence electrons. The Morgan fingerprint density at radius 3 is 2.37 bits per heavy atom. The summed E-state index contributed by atoms with van der Waals surface area (Å²) >= 11 is 0. The van der Waals surface area contributed by atoms with Crippen molar-refractivity contribution in [3.8, 4) is 0 Å². The fourth-order valence-corrected chi connectivity index (χ4v) is 2.40. The normalized spacial score (nSPS) is 13.3. The van der Waals surface area contributed by atoms with Crippen molar-refractivity contribution in [2.45, 2.75) is 58.4 Å². The molecule has 0 fully saturated rings. The fraction of sp³-hybridized carbons (Fsp3) is 0.556. The monoisotopic (exact) mass is 259 g/mol. The van der Waals surface area contributed by atoms with E-state index in [0.717, 1.165) is 19.4 Å². The third kappa shape index (κ3) is 4.50. The molecule has 0 bridgehead atoms. The van der Waals surface area contributed by atoms with Crippen molar-refractivity contribution in [1.29, 1.82) is 0 Å². The third-order valence-corrected chi connectivity index (χ3v) is 4.02. The smallest absolute Gasteiger partial charge is 0.0196 e. The summed E-state index contributed by atoms with van der Waals surface area (Å²) in [6.07, 6.45) is 3.29. The molecule has 1 aromatic carbocycles. The van der Waals surface area contributed by atoms with Crippen LogP contribution in [0.4, 0.5) is 0 Å². The van der Waals surface area contributed by atoms with Crippen LogP contribution in [0, 0.1) is 0 Å². The number of hydrogen-bond donors (Lipinski definition) is 1. The quantitative estimate of drug-likeness (QED) is 0.668. The lowest BCUT2D eigenvalue weighted by Crippen LogP contribution is -2.45. The molecule has 0 aliphatic heterocycles. The second-order valence-electron chi connectivity index (χ2n) is 5.90. The molecule has 0 saturated carbocycles. The average Bonchev–Trinajstić information content (AvgIpc) is 2.43.